The van der Waals surface area contributed by atoms with E-state index in [1.807, 2.05) is 0 Å². The fraction of sp³-hybridized carbons (Fsp3) is 0.364. The van der Waals surface area contributed by atoms with Crippen LogP contribution in [0.15, 0.2) is 29.2 Å². The van der Waals surface area contributed by atoms with E-state index in [1.165, 1.54) is 22.7 Å². The predicted octanol–water partition coefficient (Wildman–Crippen LogP) is 1.12. The van der Waals surface area contributed by atoms with Gasteiger partial charge in [0, 0.05) is 44.5 Å². The first kappa shape index (κ1) is 25.2. The topological polar surface area (TPSA) is 121 Å². The van der Waals surface area contributed by atoms with Gasteiger partial charge in [-0.1, -0.05) is 6.07 Å². The Morgan fingerprint density at radius 2 is 1.97 bits per heavy atom. The minimum absolute atomic E-state index is 0. The standard InChI is InChI=1S/C22H22F2N4O5.ClH/c1-3-27-10-22(7-14(22)20(32)25-2)28-9-13(17(29)18(30)16(28)21(27)33)19(31)26-8-11-4-5-12(23)6-15(11)24;/h4-6,9,14,30H,3,7-8,10H2,1-2H3,(H,25,32)(H,26,31);1H/t14-,22-;/m1./s1. The molecule has 2 heterocycles. The zero-order valence-electron chi connectivity index (χ0n) is 18.4. The lowest BCUT2D eigenvalue weighted by molar-refractivity contribution is -0.122. The van der Waals surface area contributed by atoms with Gasteiger partial charge in [0.25, 0.3) is 11.8 Å². The number of carbonyl (C=O) groups excluding carboxylic acids is 3. The summed E-state index contributed by atoms with van der Waals surface area (Å²) in [7, 11) is 1.48. The van der Waals surface area contributed by atoms with E-state index in [0.29, 0.717) is 19.0 Å². The van der Waals surface area contributed by atoms with E-state index in [1.54, 1.807) is 6.92 Å². The lowest BCUT2D eigenvalue weighted by Crippen LogP contribution is -2.50. The van der Waals surface area contributed by atoms with Gasteiger partial charge in [0.15, 0.2) is 11.4 Å². The maximum atomic E-state index is 13.9. The van der Waals surface area contributed by atoms with Gasteiger partial charge >= 0.3 is 0 Å². The van der Waals surface area contributed by atoms with Gasteiger partial charge in [0.2, 0.25) is 11.3 Å². The van der Waals surface area contributed by atoms with Crippen molar-refractivity contribution in [2.45, 2.75) is 25.4 Å². The lowest BCUT2D eigenvalue weighted by atomic mass is 10.0. The van der Waals surface area contributed by atoms with Gasteiger partial charge in [-0.05, 0) is 19.4 Å². The number of nitrogens with zero attached hydrogens (tertiary/aromatic N) is 2. The molecular formula is C22H23ClF2N4O5. The van der Waals surface area contributed by atoms with Crippen LogP contribution in [0.25, 0.3) is 0 Å². The molecule has 34 heavy (non-hydrogen) atoms. The van der Waals surface area contributed by atoms with Crippen LogP contribution in [0.1, 0.15) is 39.8 Å². The number of aromatic hydroxyl groups is 1. The smallest absolute Gasteiger partial charge is 0.274 e. The van der Waals surface area contributed by atoms with Gasteiger partial charge in [0.1, 0.15) is 17.2 Å². The van der Waals surface area contributed by atoms with Crippen molar-refractivity contribution in [3.05, 3.63) is 63.1 Å². The minimum atomic E-state index is -1.06. The summed E-state index contributed by atoms with van der Waals surface area (Å²) in [5.41, 5.74) is -2.70. The maximum Gasteiger partial charge on any atom is 0.274 e. The SMILES string of the molecule is CCN1C[C@@]2(C[C@@H]2C(=O)NC)n2cc(C(=O)NCc3ccc(F)cc3F)c(=O)c(O)c2C1=O.Cl. The summed E-state index contributed by atoms with van der Waals surface area (Å²) in [5, 5.41) is 15.5. The van der Waals surface area contributed by atoms with E-state index in [0.717, 1.165) is 12.1 Å². The molecule has 2 atom stereocenters. The van der Waals surface area contributed by atoms with Crippen LogP contribution in [0.4, 0.5) is 8.78 Å². The molecule has 0 radical (unpaired) electrons. The fourth-order valence-electron chi connectivity index (χ4n) is 4.38. The van der Waals surface area contributed by atoms with Crippen LogP contribution in [0, 0.1) is 17.6 Å². The predicted molar refractivity (Wildman–Crippen MR) is 119 cm³/mol. The van der Waals surface area contributed by atoms with E-state index in [4.69, 9.17) is 0 Å². The Kier molecular flexibility index (Phi) is 6.70. The van der Waals surface area contributed by atoms with Crippen LogP contribution in [0.2, 0.25) is 0 Å². The van der Waals surface area contributed by atoms with Gasteiger partial charge in [-0.15, -0.1) is 12.4 Å². The summed E-state index contributed by atoms with van der Waals surface area (Å²) in [4.78, 5) is 52.1. The number of nitrogens with one attached hydrogen (secondary N) is 2. The first-order chi connectivity index (χ1) is 15.6. The number of likely N-dealkylation sites (N-methyl/N-ethyl adjacent to an activating group) is 1. The number of amides is 3. The summed E-state index contributed by atoms with van der Waals surface area (Å²) in [6.07, 6.45) is 1.52. The van der Waals surface area contributed by atoms with Gasteiger partial charge in [0.05, 0.1) is 11.5 Å². The largest absolute Gasteiger partial charge is 0.503 e. The Morgan fingerprint density at radius 3 is 2.59 bits per heavy atom. The number of aromatic nitrogens is 1. The van der Waals surface area contributed by atoms with Crippen molar-refractivity contribution in [1.29, 1.82) is 0 Å². The molecule has 1 aliphatic carbocycles. The highest BCUT2D eigenvalue weighted by Gasteiger charge is 2.63. The van der Waals surface area contributed by atoms with Crippen molar-refractivity contribution in [1.82, 2.24) is 20.1 Å². The van der Waals surface area contributed by atoms with Crippen molar-refractivity contribution in [2.24, 2.45) is 5.92 Å². The van der Waals surface area contributed by atoms with Crippen molar-refractivity contribution in [3.8, 4) is 5.75 Å². The van der Waals surface area contributed by atoms with Crippen LogP contribution in [0.3, 0.4) is 0 Å². The monoisotopic (exact) mass is 496 g/mol. The molecule has 0 bridgehead atoms. The first-order valence-corrected chi connectivity index (χ1v) is 10.4. The molecular weight excluding hydrogens is 474 g/mol. The first-order valence-electron chi connectivity index (χ1n) is 10.4. The van der Waals surface area contributed by atoms with E-state index >= 15 is 0 Å². The molecule has 0 saturated heterocycles. The van der Waals surface area contributed by atoms with E-state index < -0.39 is 51.6 Å². The highest BCUT2D eigenvalue weighted by atomic mass is 35.5. The third-order valence-corrected chi connectivity index (χ3v) is 6.31. The van der Waals surface area contributed by atoms with Crippen LogP contribution in [0.5, 0.6) is 5.75 Å². The number of rotatable bonds is 5. The van der Waals surface area contributed by atoms with Crippen LogP contribution < -0.4 is 16.1 Å². The zero-order valence-corrected chi connectivity index (χ0v) is 19.2. The van der Waals surface area contributed by atoms with Crippen molar-refractivity contribution in [3.63, 3.8) is 0 Å². The maximum absolute atomic E-state index is 13.9. The molecule has 1 fully saturated rings. The molecule has 4 rings (SSSR count). The summed E-state index contributed by atoms with van der Waals surface area (Å²) in [6, 6.07) is 2.86. The van der Waals surface area contributed by atoms with E-state index in [9.17, 15) is 33.1 Å². The van der Waals surface area contributed by atoms with Crippen molar-refractivity contribution in [2.75, 3.05) is 20.1 Å². The second-order valence-corrected chi connectivity index (χ2v) is 8.15. The molecule has 3 N–H and O–H groups in total. The van der Waals surface area contributed by atoms with E-state index in [2.05, 4.69) is 10.6 Å². The molecule has 2 aromatic rings. The number of pyridine rings is 1. The Hall–Kier alpha value is -3.47. The number of benzene rings is 1. The third kappa shape index (κ3) is 3.89. The molecule has 1 aliphatic heterocycles. The highest BCUT2D eigenvalue weighted by molar-refractivity contribution is 6.00. The molecule has 1 saturated carbocycles. The molecule has 1 aromatic carbocycles. The van der Waals surface area contributed by atoms with Crippen LogP contribution in [-0.2, 0) is 16.9 Å². The number of halogens is 3. The molecule has 2 aliphatic rings. The zero-order chi connectivity index (χ0) is 24.1. The summed E-state index contributed by atoms with van der Waals surface area (Å²) < 4.78 is 28.3. The Morgan fingerprint density at radius 1 is 1.26 bits per heavy atom. The molecule has 9 nitrogen and oxygen atoms in total. The Labute approximate surface area is 199 Å². The molecule has 1 spiro atoms. The number of carbonyl (C=O) groups is 3. The van der Waals surface area contributed by atoms with Crippen LogP contribution >= 0.6 is 12.4 Å². The fourth-order valence-corrected chi connectivity index (χ4v) is 4.38. The molecule has 182 valence electrons. The number of hydrogen-bond donors (Lipinski definition) is 3. The van der Waals surface area contributed by atoms with Gasteiger partial charge in [-0.25, -0.2) is 8.78 Å². The van der Waals surface area contributed by atoms with Gasteiger partial charge in [-0.3, -0.25) is 19.2 Å². The van der Waals surface area contributed by atoms with Crippen LogP contribution in [-0.4, -0.2) is 52.4 Å². The minimum Gasteiger partial charge on any atom is -0.503 e. The normalized spacial score (nSPS) is 20.4. The second kappa shape index (κ2) is 9.05. The number of hydrogen-bond acceptors (Lipinski definition) is 5. The second-order valence-electron chi connectivity index (χ2n) is 8.15. The van der Waals surface area contributed by atoms with Gasteiger partial charge in [-0.2, -0.15) is 0 Å². The molecule has 1 aromatic heterocycles. The van der Waals surface area contributed by atoms with E-state index in [-0.39, 0.29) is 42.7 Å². The molecule has 12 heteroatoms. The quantitative estimate of drug-likeness (QED) is 0.573. The Bertz CT molecular complexity index is 1250. The lowest BCUT2D eigenvalue weighted by Gasteiger charge is -2.37. The summed E-state index contributed by atoms with van der Waals surface area (Å²) in [6.45, 7) is 1.89. The average molecular weight is 497 g/mol. The highest BCUT2D eigenvalue weighted by Crippen LogP contribution is 2.54. The Balaban J connectivity index is 0.00000324. The summed E-state index contributed by atoms with van der Waals surface area (Å²) >= 11 is 0. The molecule has 0 unspecified atom stereocenters. The summed E-state index contributed by atoms with van der Waals surface area (Å²) in [5.74, 6) is -4.80. The van der Waals surface area contributed by atoms with Crippen molar-refractivity contribution >= 4 is 30.1 Å². The average Bonchev–Trinajstić information content (AvgIpc) is 3.51. The van der Waals surface area contributed by atoms with Gasteiger partial charge < -0.3 is 25.2 Å². The van der Waals surface area contributed by atoms with Crippen molar-refractivity contribution < 1.29 is 28.3 Å². The molecule has 3 amide bonds. The third-order valence-electron chi connectivity index (χ3n) is 6.31. The number of fused-ring (bicyclic) bond motifs is 2.